The Hall–Kier alpha value is -1.65. The Morgan fingerprint density at radius 2 is 1.74 bits per heavy atom. The van der Waals surface area contributed by atoms with Crippen molar-refractivity contribution in [3.05, 3.63) is 64.7 Å². The number of anilines is 1. The first-order valence-electron chi connectivity index (χ1n) is 5.77. The number of halogens is 3. The fraction of sp³-hybridized carbons (Fsp3) is 0.143. The van der Waals surface area contributed by atoms with Crippen LogP contribution in [0.5, 0.6) is 0 Å². The smallest absolute Gasteiger partial charge is 0.126 e. The van der Waals surface area contributed by atoms with E-state index in [-0.39, 0.29) is 6.54 Å². The highest BCUT2D eigenvalue weighted by atomic mass is 35.5. The van der Waals surface area contributed by atoms with Gasteiger partial charge in [0.15, 0.2) is 0 Å². The summed E-state index contributed by atoms with van der Waals surface area (Å²) in [5, 5.41) is 3.60. The summed E-state index contributed by atoms with van der Waals surface area (Å²) in [4.78, 5) is 0. The highest BCUT2D eigenvalue weighted by molar-refractivity contribution is 6.33. The fourth-order valence-corrected chi connectivity index (χ4v) is 2.01. The zero-order valence-corrected chi connectivity index (χ0v) is 10.8. The van der Waals surface area contributed by atoms with Crippen LogP contribution in [0.15, 0.2) is 42.5 Å². The van der Waals surface area contributed by atoms with Crippen LogP contribution >= 0.6 is 11.6 Å². The molecule has 5 heteroatoms. The van der Waals surface area contributed by atoms with Crippen molar-refractivity contribution in [2.75, 3.05) is 11.9 Å². The van der Waals surface area contributed by atoms with Gasteiger partial charge in [-0.25, -0.2) is 8.78 Å². The number of hydrogen-bond acceptors (Lipinski definition) is 2. The van der Waals surface area contributed by atoms with Crippen LogP contribution in [0.25, 0.3) is 0 Å². The van der Waals surface area contributed by atoms with E-state index >= 15 is 0 Å². The highest BCUT2D eigenvalue weighted by Gasteiger charge is 2.13. The molecule has 1 unspecified atom stereocenters. The van der Waals surface area contributed by atoms with Gasteiger partial charge in [0.05, 0.1) is 16.8 Å². The monoisotopic (exact) mass is 282 g/mol. The maximum atomic E-state index is 13.2. The van der Waals surface area contributed by atoms with E-state index in [1.807, 2.05) is 6.07 Å². The predicted molar refractivity (Wildman–Crippen MR) is 73.2 cm³/mol. The van der Waals surface area contributed by atoms with Crippen LogP contribution in [-0.2, 0) is 0 Å². The molecule has 1 atom stereocenters. The average molecular weight is 283 g/mol. The zero-order chi connectivity index (χ0) is 13.8. The lowest BCUT2D eigenvalue weighted by Crippen LogP contribution is -2.21. The van der Waals surface area contributed by atoms with Gasteiger partial charge in [0.1, 0.15) is 11.6 Å². The summed E-state index contributed by atoms with van der Waals surface area (Å²) in [6.07, 6.45) is 0. The molecule has 0 saturated carbocycles. The summed E-state index contributed by atoms with van der Waals surface area (Å²) < 4.78 is 26.4. The van der Waals surface area contributed by atoms with Crippen molar-refractivity contribution in [2.24, 2.45) is 5.73 Å². The third-order valence-corrected chi connectivity index (χ3v) is 3.06. The molecule has 100 valence electrons. The second kappa shape index (κ2) is 5.99. The lowest BCUT2D eigenvalue weighted by atomic mass is 10.1. The van der Waals surface area contributed by atoms with Gasteiger partial charge in [0, 0.05) is 12.6 Å². The van der Waals surface area contributed by atoms with Crippen molar-refractivity contribution in [2.45, 2.75) is 6.04 Å². The number of hydrogen-bond donors (Lipinski definition) is 2. The Morgan fingerprint density at radius 1 is 1.11 bits per heavy atom. The van der Waals surface area contributed by atoms with Crippen LogP contribution < -0.4 is 11.1 Å². The summed E-state index contributed by atoms with van der Waals surface area (Å²) in [5.41, 5.74) is 6.77. The third kappa shape index (κ3) is 3.43. The van der Waals surface area contributed by atoms with Gasteiger partial charge in [-0.05, 0) is 29.8 Å². The third-order valence-electron chi connectivity index (χ3n) is 2.73. The summed E-state index contributed by atoms with van der Waals surface area (Å²) in [7, 11) is 0. The quantitative estimate of drug-likeness (QED) is 0.897. The first kappa shape index (κ1) is 13.8. The van der Waals surface area contributed by atoms with Gasteiger partial charge in [0.2, 0.25) is 0 Å². The lowest BCUT2D eigenvalue weighted by molar-refractivity contribution is 0.576. The van der Waals surface area contributed by atoms with E-state index in [0.29, 0.717) is 16.3 Å². The lowest BCUT2D eigenvalue weighted by Gasteiger charge is -2.19. The second-order valence-electron chi connectivity index (χ2n) is 4.12. The standard InChI is InChI=1S/C14H13ClF2N2/c15-12-3-1-2-4-13(12)19-14(8-18)9-5-10(16)7-11(17)6-9/h1-7,14,19H,8,18H2. The van der Waals surface area contributed by atoms with E-state index in [9.17, 15) is 8.78 Å². The van der Waals surface area contributed by atoms with Crippen LogP contribution in [0.2, 0.25) is 5.02 Å². The van der Waals surface area contributed by atoms with Gasteiger partial charge in [-0.15, -0.1) is 0 Å². The van der Waals surface area contributed by atoms with Crippen LogP contribution in [-0.4, -0.2) is 6.54 Å². The van der Waals surface area contributed by atoms with Gasteiger partial charge in [-0.2, -0.15) is 0 Å². The topological polar surface area (TPSA) is 38.0 Å². The molecule has 0 heterocycles. The van der Waals surface area contributed by atoms with Gasteiger partial charge >= 0.3 is 0 Å². The molecule has 0 radical (unpaired) electrons. The molecular weight excluding hydrogens is 270 g/mol. The number of benzene rings is 2. The Labute approximate surface area is 115 Å². The van der Waals surface area contributed by atoms with Crippen molar-refractivity contribution in [1.29, 1.82) is 0 Å². The second-order valence-corrected chi connectivity index (χ2v) is 4.52. The molecule has 2 aromatic carbocycles. The molecule has 3 N–H and O–H groups in total. The molecule has 0 aliphatic heterocycles. The summed E-state index contributed by atoms with van der Waals surface area (Å²) >= 11 is 6.02. The minimum Gasteiger partial charge on any atom is -0.376 e. The molecule has 0 bridgehead atoms. The molecule has 2 nitrogen and oxygen atoms in total. The first-order valence-corrected chi connectivity index (χ1v) is 6.15. The molecular formula is C14H13ClF2N2. The van der Waals surface area contributed by atoms with Crippen LogP contribution in [0.1, 0.15) is 11.6 Å². The number of rotatable bonds is 4. The first-order chi connectivity index (χ1) is 9.10. The van der Waals surface area contributed by atoms with Crippen LogP contribution in [0, 0.1) is 11.6 Å². The van der Waals surface area contributed by atoms with Gasteiger partial charge in [-0.1, -0.05) is 23.7 Å². The number of para-hydroxylation sites is 1. The van der Waals surface area contributed by atoms with Crippen molar-refractivity contribution < 1.29 is 8.78 Å². The largest absolute Gasteiger partial charge is 0.376 e. The molecule has 0 aromatic heterocycles. The summed E-state index contributed by atoms with van der Waals surface area (Å²) in [5.74, 6) is -1.26. The maximum Gasteiger partial charge on any atom is 0.126 e. The Morgan fingerprint density at radius 3 is 2.32 bits per heavy atom. The number of nitrogens with one attached hydrogen (secondary N) is 1. The number of nitrogens with two attached hydrogens (primary N) is 1. The van der Waals surface area contributed by atoms with Crippen molar-refractivity contribution >= 4 is 17.3 Å². The van der Waals surface area contributed by atoms with E-state index < -0.39 is 17.7 Å². The van der Waals surface area contributed by atoms with Crippen molar-refractivity contribution in [3.63, 3.8) is 0 Å². The SMILES string of the molecule is NCC(Nc1ccccc1Cl)c1cc(F)cc(F)c1. The van der Waals surface area contributed by atoms with E-state index in [4.69, 9.17) is 17.3 Å². The molecule has 0 amide bonds. The van der Waals surface area contributed by atoms with E-state index in [2.05, 4.69) is 5.32 Å². The fourth-order valence-electron chi connectivity index (χ4n) is 1.82. The minimum absolute atomic E-state index is 0.189. The molecule has 19 heavy (non-hydrogen) atoms. The molecule has 0 spiro atoms. The van der Waals surface area contributed by atoms with Crippen molar-refractivity contribution in [1.82, 2.24) is 0 Å². The van der Waals surface area contributed by atoms with Gasteiger partial charge in [0.25, 0.3) is 0 Å². The Balaban J connectivity index is 2.28. The predicted octanol–water partition coefficient (Wildman–Crippen LogP) is 3.73. The molecule has 2 aromatic rings. The van der Waals surface area contributed by atoms with Crippen molar-refractivity contribution in [3.8, 4) is 0 Å². The highest BCUT2D eigenvalue weighted by Crippen LogP contribution is 2.26. The molecule has 0 saturated heterocycles. The van der Waals surface area contributed by atoms with Crippen LogP contribution in [0.4, 0.5) is 14.5 Å². The van der Waals surface area contributed by atoms with E-state index in [1.54, 1.807) is 18.2 Å². The van der Waals surface area contributed by atoms with Gasteiger partial charge < -0.3 is 11.1 Å². The van der Waals surface area contributed by atoms with E-state index in [1.165, 1.54) is 12.1 Å². The normalized spacial score (nSPS) is 12.2. The summed E-state index contributed by atoms with van der Waals surface area (Å²) in [6, 6.07) is 10.0. The molecule has 2 rings (SSSR count). The zero-order valence-electron chi connectivity index (χ0n) is 10.0. The Bertz CT molecular complexity index is 555. The summed E-state index contributed by atoms with van der Waals surface area (Å²) in [6.45, 7) is 0.189. The minimum atomic E-state index is -0.630. The molecule has 0 aliphatic carbocycles. The molecule has 0 fully saturated rings. The van der Waals surface area contributed by atoms with E-state index in [0.717, 1.165) is 6.07 Å². The molecule has 0 aliphatic rings. The van der Waals surface area contributed by atoms with Gasteiger partial charge in [-0.3, -0.25) is 0 Å². The maximum absolute atomic E-state index is 13.2. The average Bonchev–Trinajstić information content (AvgIpc) is 2.36. The van der Waals surface area contributed by atoms with Crippen LogP contribution in [0.3, 0.4) is 0 Å². The Kier molecular flexibility index (Phi) is 4.35.